The molecule has 1 atom stereocenters. The minimum absolute atomic E-state index is 0.101. The number of ether oxygens (including phenoxy) is 1. The summed E-state index contributed by atoms with van der Waals surface area (Å²) in [5, 5.41) is 4.13. The monoisotopic (exact) mass is 343 g/mol. The normalized spacial score (nSPS) is 13.5. The van der Waals surface area contributed by atoms with Gasteiger partial charge in [-0.15, -0.1) is 0 Å². The van der Waals surface area contributed by atoms with Gasteiger partial charge in [0, 0.05) is 6.42 Å². The van der Waals surface area contributed by atoms with Crippen molar-refractivity contribution in [3.05, 3.63) is 18.3 Å². The van der Waals surface area contributed by atoms with E-state index in [0.29, 0.717) is 36.8 Å². The standard InChI is InChI=1S/C13H22N5O4P/c1-4-21-23(19,22-5-2)9-20-10(3)6-12-15-7-11-13(14)16-8-17-18(11)12/h7-8,10H,4-6,9H2,1-3H3,(H2,14,16,17)/t10-/m1/s1. The Hall–Kier alpha value is -1.54. The first-order valence-corrected chi connectivity index (χ1v) is 9.14. The summed E-state index contributed by atoms with van der Waals surface area (Å²) >= 11 is 0. The third kappa shape index (κ3) is 4.48. The van der Waals surface area contributed by atoms with Crippen LogP contribution in [0.5, 0.6) is 0 Å². The van der Waals surface area contributed by atoms with Gasteiger partial charge in [-0.2, -0.15) is 5.10 Å². The maximum atomic E-state index is 12.3. The van der Waals surface area contributed by atoms with E-state index in [1.165, 1.54) is 6.33 Å². The highest BCUT2D eigenvalue weighted by Gasteiger charge is 2.25. The summed E-state index contributed by atoms with van der Waals surface area (Å²) in [5.41, 5.74) is 6.41. The second kappa shape index (κ2) is 7.83. The van der Waals surface area contributed by atoms with Gasteiger partial charge < -0.3 is 19.5 Å². The third-order valence-electron chi connectivity index (χ3n) is 3.07. The molecule has 2 rings (SSSR count). The Morgan fingerprint density at radius 2 is 2.00 bits per heavy atom. The van der Waals surface area contributed by atoms with E-state index in [4.69, 9.17) is 19.5 Å². The molecule has 2 heterocycles. The van der Waals surface area contributed by atoms with Crippen LogP contribution in [0, 0.1) is 0 Å². The lowest BCUT2D eigenvalue weighted by Crippen LogP contribution is -2.16. The van der Waals surface area contributed by atoms with Crippen LogP contribution >= 0.6 is 7.60 Å². The molecule has 128 valence electrons. The van der Waals surface area contributed by atoms with Gasteiger partial charge in [0.25, 0.3) is 0 Å². The Labute approximate surface area is 134 Å². The average molecular weight is 343 g/mol. The molecule has 0 amide bonds. The molecule has 0 aliphatic rings. The summed E-state index contributed by atoms with van der Waals surface area (Å²) in [6, 6.07) is 0. The van der Waals surface area contributed by atoms with E-state index in [-0.39, 0.29) is 12.5 Å². The van der Waals surface area contributed by atoms with Crippen molar-refractivity contribution in [1.82, 2.24) is 19.6 Å². The fraction of sp³-hybridized carbons (Fsp3) is 0.615. The van der Waals surface area contributed by atoms with Gasteiger partial charge >= 0.3 is 7.60 Å². The van der Waals surface area contributed by atoms with E-state index < -0.39 is 7.60 Å². The molecule has 9 nitrogen and oxygen atoms in total. The van der Waals surface area contributed by atoms with Gasteiger partial charge in [-0.3, -0.25) is 4.57 Å². The van der Waals surface area contributed by atoms with Gasteiger partial charge in [-0.05, 0) is 20.8 Å². The fourth-order valence-corrected chi connectivity index (χ4v) is 3.52. The summed E-state index contributed by atoms with van der Waals surface area (Å²) in [7, 11) is -3.21. The molecule has 0 bridgehead atoms. The average Bonchev–Trinajstić information content (AvgIpc) is 2.91. The zero-order valence-electron chi connectivity index (χ0n) is 13.5. The number of hydrogen-bond acceptors (Lipinski definition) is 8. The highest BCUT2D eigenvalue weighted by molar-refractivity contribution is 7.53. The van der Waals surface area contributed by atoms with Gasteiger partial charge in [-0.1, -0.05) is 0 Å². The van der Waals surface area contributed by atoms with Crippen molar-refractivity contribution >= 4 is 18.9 Å². The van der Waals surface area contributed by atoms with Crippen molar-refractivity contribution in [2.24, 2.45) is 0 Å². The van der Waals surface area contributed by atoms with E-state index in [1.807, 2.05) is 6.92 Å². The number of nitrogens with zero attached hydrogens (tertiary/aromatic N) is 4. The fourth-order valence-electron chi connectivity index (χ4n) is 2.07. The second-order valence-electron chi connectivity index (χ2n) is 4.87. The molecule has 0 saturated carbocycles. The molecule has 23 heavy (non-hydrogen) atoms. The zero-order chi connectivity index (χ0) is 16.9. The number of nitrogens with two attached hydrogens (primary N) is 1. The van der Waals surface area contributed by atoms with Crippen molar-refractivity contribution in [2.75, 3.05) is 25.3 Å². The van der Waals surface area contributed by atoms with Crippen LogP contribution in [0.3, 0.4) is 0 Å². The predicted octanol–water partition coefficient (Wildman–Crippen LogP) is 1.88. The zero-order valence-corrected chi connectivity index (χ0v) is 14.4. The molecule has 0 radical (unpaired) electrons. The first-order valence-electron chi connectivity index (χ1n) is 7.42. The first kappa shape index (κ1) is 17.8. The maximum Gasteiger partial charge on any atom is 0.356 e. The van der Waals surface area contributed by atoms with Crippen LogP contribution in [-0.2, 0) is 24.8 Å². The molecule has 0 saturated heterocycles. The Morgan fingerprint density at radius 3 is 2.65 bits per heavy atom. The summed E-state index contributed by atoms with van der Waals surface area (Å²) in [6.45, 7) is 5.98. The van der Waals surface area contributed by atoms with E-state index >= 15 is 0 Å². The smallest absolute Gasteiger partial charge is 0.356 e. The van der Waals surface area contributed by atoms with Crippen LogP contribution in [0.25, 0.3) is 5.52 Å². The number of aromatic nitrogens is 4. The lowest BCUT2D eigenvalue weighted by atomic mass is 10.3. The molecular weight excluding hydrogens is 321 g/mol. The lowest BCUT2D eigenvalue weighted by Gasteiger charge is -2.19. The van der Waals surface area contributed by atoms with Crippen molar-refractivity contribution in [3.8, 4) is 0 Å². The lowest BCUT2D eigenvalue weighted by molar-refractivity contribution is 0.0763. The summed E-state index contributed by atoms with van der Waals surface area (Å²) < 4.78 is 30.0. The van der Waals surface area contributed by atoms with Crippen molar-refractivity contribution in [3.63, 3.8) is 0 Å². The number of anilines is 1. The number of rotatable bonds is 9. The Bertz CT molecular complexity index is 682. The van der Waals surface area contributed by atoms with Gasteiger partial charge in [0.15, 0.2) is 5.82 Å². The molecule has 0 unspecified atom stereocenters. The SMILES string of the molecule is CCOP(=O)(CO[C@H](C)Cc1ncc2c(N)ncnn12)OCC. The maximum absolute atomic E-state index is 12.3. The molecule has 2 aromatic rings. The molecule has 0 spiro atoms. The van der Waals surface area contributed by atoms with Crippen LogP contribution in [0.4, 0.5) is 5.82 Å². The Balaban J connectivity index is 2.00. The van der Waals surface area contributed by atoms with E-state index in [9.17, 15) is 4.57 Å². The molecule has 0 fully saturated rings. The number of fused-ring (bicyclic) bond motifs is 1. The van der Waals surface area contributed by atoms with E-state index in [2.05, 4.69) is 15.1 Å². The molecule has 0 aliphatic carbocycles. The minimum atomic E-state index is -3.21. The molecule has 10 heteroatoms. The number of imidazole rings is 1. The Morgan fingerprint density at radius 1 is 1.30 bits per heavy atom. The van der Waals surface area contributed by atoms with Crippen LogP contribution < -0.4 is 5.73 Å². The van der Waals surface area contributed by atoms with Gasteiger partial charge in [0.05, 0.1) is 25.5 Å². The summed E-state index contributed by atoms with van der Waals surface area (Å²) in [4.78, 5) is 8.20. The van der Waals surface area contributed by atoms with Gasteiger partial charge in [-0.25, -0.2) is 14.5 Å². The van der Waals surface area contributed by atoms with E-state index in [0.717, 1.165) is 0 Å². The largest absolute Gasteiger partial charge is 0.382 e. The summed E-state index contributed by atoms with van der Waals surface area (Å²) in [6.07, 6.45) is 3.12. The Kier molecular flexibility index (Phi) is 6.06. The molecule has 2 N–H and O–H groups in total. The molecular formula is C13H22N5O4P. The van der Waals surface area contributed by atoms with Crippen LogP contribution in [0.15, 0.2) is 12.5 Å². The van der Waals surface area contributed by atoms with Gasteiger partial charge in [0.1, 0.15) is 24.0 Å². The van der Waals surface area contributed by atoms with Crippen molar-refractivity contribution < 1.29 is 18.3 Å². The minimum Gasteiger partial charge on any atom is -0.382 e. The van der Waals surface area contributed by atoms with Crippen molar-refractivity contribution in [1.29, 1.82) is 0 Å². The summed E-state index contributed by atoms with van der Waals surface area (Å²) in [5.74, 6) is 1.05. The topological polar surface area (TPSA) is 114 Å². The predicted molar refractivity (Wildman–Crippen MR) is 85.2 cm³/mol. The molecule has 2 aromatic heterocycles. The van der Waals surface area contributed by atoms with Crippen molar-refractivity contribution in [2.45, 2.75) is 33.3 Å². The molecule has 0 aromatic carbocycles. The third-order valence-corrected chi connectivity index (χ3v) is 4.84. The van der Waals surface area contributed by atoms with E-state index in [1.54, 1.807) is 24.6 Å². The molecule has 0 aliphatic heterocycles. The van der Waals surface area contributed by atoms with Gasteiger partial charge in [0.2, 0.25) is 0 Å². The second-order valence-corrected chi connectivity index (χ2v) is 6.87. The number of nitrogen functional groups attached to an aromatic ring is 1. The highest BCUT2D eigenvalue weighted by Crippen LogP contribution is 2.48. The first-order chi connectivity index (χ1) is 11.0. The van der Waals surface area contributed by atoms with Crippen LogP contribution in [-0.4, -0.2) is 45.2 Å². The van der Waals surface area contributed by atoms with Crippen LogP contribution in [0.2, 0.25) is 0 Å². The quantitative estimate of drug-likeness (QED) is 0.686. The number of hydrogen-bond donors (Lipinski definition) is 1. The van der Waals surface area contributed by atoms with Crippen LogP contribution in [0.1, 0.15) is 26.6 Å². The highest BCUT2D eigenvalue weighted by atomic mass is 31.2.